The van der Waals surface area contributed by atoms with Gasteiger partial charge in [-0.1, -0.05) is 6.92 Å². The SMILES string of the molecule is CCC1CN(c2cc(N)c(C#N)s2)CCO1. The summed E-state index contributed by atoms with van der Waals surface area (Å²) in [4.78, 5) is 2.86. The van der Waals surface area contributed by atoms with Crippen LogP contribution < -0.4 is 10.6 Å². The lowest BCUT2D eigenvalue weighted by Crippen LogP contribution is -2.41. The Labute approximate surface area is 99.2 Å². The molecule has 0 bridgehead atoms. The Morgan fingerprint density at radius 3 is 3.19 bits per heavy atom. The average molecular weight is 237 g/mol. The van der Waals surface area contributed by atoms with E-state index >= 15 is 0 Å². The molecule has 0 aromatic carbocycles. The molecule has 0 amide bonds. The van der Waals surface area contributed by atoms with Crippen molar-refractivity contribution in [1.29, 1.82) is 5.26 Å². The van der Waals surface area contributed by atoms with Gasteiger partial charge in [0, 0.05) is 13.1 Å². The molecule has 0 aliphatic carbocycles. The Kier molecular flexibility index (Phi) is 3.32. The van der Waals surface area contributed by atoms with Gasteiger partial charge < -0.3 is 15.4 Å². The molecule has 2 heterocycles. The number of ether oxygens (including phenoxy) is 1. The van der Waals surface area contributed by atoms with E-state index in [1.165, 1.54) is 11.3 Å². The number of nitrogens with zero attached hydrogens (tertiary/aromatic N) is 2. The Hall–Kier alpha value is -1.25. The summed E-state index contributed by atoms with van der Waals surface area (Å²) in [6, 6.07) is 4.01. The predicted octanol–water partition coefficient (Wildman–Crippen LogP) is 1.82. The van der Waals surface area contributed by atoms with Crippen molar-refractivity contribution >= 4 is 22.0 Å². The Bertz CT molecular complexity index is 410. The molecular formula is C11H15N3OS. The van der Waals surface area contributed by atoms with Crippen molar-refractivity contribution < 1.29 is 4.74 Å². The van der Waals surface area contributed by atoms with Gasteiger partial charge in [0.25, 0.3) is 0 Å². The first-order chi connectivity index (χ1) is 7.74. The van der Waals surface area contributed by atoms with Crippen molar-refractivity contribution in [3.8, 4) is 6.07 Å². The highest BCUT2D eigenvalue weighted by Crippen LogP contribution is 2.32. The van der Waals surface area contributed by atoms with Gasteiger partial charge in [0.05, 0.1) is 23.4 Å². The number of nitrogen functional groups attached to an aromatic ring is 1. The van der Waals surface area contributed by atoms with Crippen LogP contribution in [0.1, 0.15) is 18.2 Å². The molecule has 86 valence electrons. The molecule has 0 spiro atoms. The molecule has 0 radical (unpaired) electrons. The van der Waals surface area contributed by atoms with Crippen LogP contribution in [0.2, 0.25) is 0 Å². The number of thiophene rings is 1. The van der Waals surface area contributed by atoms with Crippen molar-refractivity contribution in [2.24, 2.45) is 0 Å². The third kappa shape index (κ3) is 2.13. The fourth-order valence-corrected chi connectivity index (χ4v) is 2.71. The summed E-state index contributed by atoms with van der Waals surface area (Å²) in [6.07, 6.45) is 1.31. The summed E-state index contributed by atoms with van der Waals surface area (Å²) < 4.78 is 5.61. The number of hydrogen-bond acceptors (Lipinski definition) is 5. The molecule has 4 nitrogen and oxygen atoms in total. The Morgan fingerprint density at radius 2 is 2.56 bits per heavy atom. The summed E-state index contributed by atoms with van der Waals surface area (Å²) in [6.45, 7) is 4.64. The standard InChI is InChI=1S/C11H15N3OS/c1-2-8-7-14(3-4-15-8)11-5-9(13)10(6-12)16-11/h5,8H,2-4,7,13H2,1H3. The highest BCUT2D eigenvalue weighted by molar-refractivity contribution is 7.17. The molecule has 1 fully saturated rings. The highest BCUT2D eigenvalue weighted by atomic mass is 32.1. The molecule has 0 saturated carbocycles. The molecule has 1 aromatic heterocycles. The van der Waals surface area contributed by atoms with Gasteiger partial charge in [0.1, 0.15) is 10.9 Å². The summed E-state index contributed by atoms with van der Waals surface area (Å²) in [7, 11) is 0. The second-order valence-electron chi connectivity index (χ2n) is 3.83. The van der Waals surface area contributed by atoms with E-state index in [0.29, 0.717) is 16.7 Å². The van der Waals surface area contributed by atoms with Gasteiger partial charge in [0.15, 0.2) is 0 Å². The molecule has 5 heteroatoms. The molecule has 1 saturated heterocycles. The van der Waals surface area contributed by atoms with E-state index in [1.807, 2.05) is 6.07 Å². The predicted molar refractivity (Wildman–Crippen MR) is 65.7 cm³/mol. The van der Waals surface area contributed by atoms with Crippen LogP contribution in [-0.2, 0) is 4.74 Å². The van der Waals surface area contributed by atoms with Crippen LogP contribution in [0.25, 0.3) is 0 Å². The lowest BCUT2D eigenvalue weighted by molar-refractivity contribution is 0.0386. The molecule has 1 aliphatic rings. The van der Waals surface area contributed by atoms with E-state index in [2.05, 4.69) is 17.9 Å². The van der Waals surface area contributed by atoms with E-state index in [4.69, 9.17) is 15.7 Å². The molecule has 1 aliphatic heterocycles. The van der Waals surface area contributed by atoms with Crippen molar-refractivity contribution in [2.45, 2.75) is 19.4 Å². The number of morpholine rings is 1. The number of nitriles is 1. The topological polar surface area (TPSA) is 62.3 Å². The van der Waals surface area contributed by atoms with Crippen LogP contribution in [-0.4, -0.2) is 25.8 Å². The minimum atomic E-state index is 0.294. The lowest BCUT2D eigenvalue weighted by Gasteiger charge is -2.33. The van der Waals surface area contributed by atoms with E-state index in [9.17, 15) is 0 Å². The molecule has 2 rings (SSSR count). The largest absolute Gasteiger partial charge is 0.397 e. The van der Waals surface area contributed by atoms with Crippen molar-refractivity contribution in [2.75, 3.05) is 30.3 Å². The van der Waals surface area contributed by atoms with Crippen molar-refractivity contribution in [3.63, 3.8) is 0 Å². The molecule has 2 N–H and O–H groups in total. The average Bonchev–Trinajstić information content (AvgIpc) is 2.71. The normalized spacial score (nSPS) is 20.8. The van der Waals surface area contributed by atoms with E-state index < -0.39 is 0 Å². The monoisotopic (exact) mass is 237 g/mol. The quantitative estimate of drug-likeness (QED) is 0.852. The number of hydrogen-bond donors (Lipinski definition) is 1. The number of anilines is 2. The zero-order valence-corrected chi connectivity index (χ0v) is 10.1. The Morgan fingerprint density at radius 1 is 1.75 bits per heavy atom. The van der Waals surface area contributed by atoms with E-state index in [1.54, 1.807) is 0 Å². The van der Waals surface area contributed by atoms with Crippen LogP contribution in [0.15, 0.2) is 6.07 Å². The maximum atomic E-state index is 8.87. The van der Waals surface area contributed by atoms with Gasteiger partial charge >= 0.3 is 0 Å². The third-order valence-corrected chi connectivity index (χ3v) is 3.87. The minimum absolute atomic E-state index is 0.294. The zero-order chi connectivity index (χ0) is 11.5. The summed E-state index contributed by atoms with van der Waals surface area (Å²) in [5.41, 5.74) is 6.34. The zero-order valence-electron chi connectivity index (χ0n) is 9.27. The minimum Gasteiger partial charge on any atom is -0.397 e. The second kappa shape index (κ2) is 4.73. The third-order valence-electron chi connectivity index (χ3n) is 2.76. The summed E-state index contributed by atoms with van der Waals surface area (Å²) in [5.74, 6) is 0. The van der Waals surface area contributed by atoms with Gasteiger partial charge in [-0.15, -0.1) is 11.3 Å². The summed E-state index contributed by atoms with van der Waals surface area (Å²) in [5, 5.41) is 9.94. The van der Waals surface area contributed by atoms with E-state index in [0.717, 1.165) is 31.1 Å². The molecule has 1 atom stereocenters. The van der Waals surface area contributed by atoms with Crippen molar-refractivity contribution in [1.82, 2.24) is 0 Å². The molecule has 1 unspecified atom stereocenters. The van der Waals surface area contributed by atoms with Crippen LogP contribution in [0.4, 0.5) is 10.7 Å². The van der Waals surface area contributed by atoms with Crippen LogP contribution in [0.5, 0.6) is 0 Å². The van der Waals surface area contributed by atoms with Gasteiger partial charge in [-0.25, -0.2) is 0 Å². The maximum absolute atomic E-state index is 8.87. The first-order valence-electron chi connectivity index (χ1n) is 5.40. The van der Waals surface area contributed by atoms with Gasteiger partial charge in [0.2, 0.25) is 0 Å². The van der Waals surface area contributed by atoms with Gasteiger partial charge in [-0.05, 0) is 12.5 Å². The smallest absolute Gasteiger partial charge is 0.129 e. The summed E-state index contributed by atoms with van der Waals surface area (Å²) >= 11 is 1.46. The first kappa shape index (κ1) is 11.2. The number of nitrogens with two attached hydrogens (primary N) is 1. The molecular weight excluding hydrogens is 222 g/mol. The fourth-order valence-electron chi connectivity index (χ4n) is 1.80. The van der Waals surface area contributed by atoms with Gasteiger partial charge in [-0.3, -0.25) is 0 Å². The Balaban J connectivity index is 2.14. The van der Waals surface area contributed by atoms with Crippen molar-refractivity contribution in [3.05, 3.63) is 10.9 Å². The van der Waals surface area contributed by atoms with Crippen LogP contribution in [0, 0.1) is 11.3 Å². The van der Waals surface area contributed by atoms with Gasteiger partial charge in [-0.2, -0.15) is 5.26 Å². The lowest BCUT2D eigenvalue weighted by atomic mass is 10.2. The van der Waals surface area contributed by atoms with Crippen LogP contribution >= 0.6 is 11.3 Å². The second-order valence-corrected chi connectivity index (χ2v) is 4.86. The first-order valence-corrected chi connectivity index (χ1v) is 6.22. The van der Waals surface area contributed by atoms with E-state index in [-0.39, 0.29) is 0 Å². The number of rotatable bonds is 2. The highest BCUT2D eigenvalue weighted by Gasteiger charge is 2.21. The molecule has 1 aromatic rings. The molecule has 16 heavy (non-hydrogen) atoms. The maximum Gasteiger partial charge on any atom is 0.129 e. The fraction of sp³-hybridized carbons (Fsp3) is 0.545. The van der Waals surface area contributed by atoms with Crippen LogP contribution in [0.3, 0.4) is 0 Å².